The second-order valence-electron chi connectivity index (χ2n) is 4.41. The van der Waals surface area contributed by atoms with Gasteiger partial charge >= 0.3 is 0 Å². The van der Waals surface area contributed by atoms with E-state index in [9.17, 15) is 8.42 Å². The molecule has 1 fully saturated rings. The molecule has 0 aliphatic carbocycles. The highest BCUT2D eigenvalue weighted by atomic mass is 32.2. The van der Waals surface area contributed by atoms with Crippen molar-refractivity contribution in [2.45, 2.75) is 19.5 Å². The van der Waals surface area contributed by atoms with Crippen LogP contribution in [0.3, 0.4) is 0 Å². The molecule has 8 heteroatoms. The Labute approximate surface area is 101 Å². The Morgan fingerprint density at radius 3 is 2.88 bits per heavy atom. The summed E-state index contributed by atoms with van der Waals surface area (Å²) >= 11 is 0. The smallest absolute Gasteiger partial charge is 0.211 e. The maximum Gasteiger partial charge on any atom is 0.211 e. The second-order valence-corrected chi connectivity index (χ2v) is 6.39. The van der Waals surface area contributed by atoms with Crippen molar-refractivity contribution in [3.05, 3.63) is 11.9 Å². The third-order valence-corrected chi connectivity index (χ3v) is 4.23. The lowest BCUT2D eigenvalue weighted by Crippen LogP contribution is -2.28. The maximum absolute atomic E-state index is 11.4. The molecule has 0 spiro atoms. The van der Waals surface area contributed by atoms with Crippen LogP contribution in [0.4, 0.5) is 0 Å². The monoisotopic (exact) mass is 259 g/mol. The van der Waals surface area contributed by atoms with Gasteiger partial charge in [-0.3, -0.25) is 4.68 Å². The number of hydrogen-bond acceptors (Lipinski definition) is 5. The highest BCUT2D eigenvalue weighted by Gasteiger charge is 2.28. The largest absolute Gasteiger partial charge is 0.325 e. The van der Waals surface area contributed by atoms with Gasteiger partial charge in [0, 0.05) is 32.4 Å². The summed E-state index contributed by atoms with van der Waals surface area (Å²) in [6.45, 7) is 2.23. The number of nitrogens with zero attached hydrogens (tertiary/aromatic N) is 4. The van der Waals surface area contributed by atoms with Crippen molar-refractivity contribution >= 4 is 10.0 Å². The molecule has 0 amide bonds. The van der Waals surface area contributed by atoms with Crippen LogP contribution in [0.15, 0.2) is 6.20 Å². The minimum absolute atomic E-state index is 0.303. The Hall–Kier alpha value is -0.990. The number of sulfonamides is 1. The lowest BCUT2D eigenvalue weighted by molar-refractivity contribution is 0.410. The average Bonchev–Trinajstić information content (AvgIpc) is 2.86. The number of rotatable bonds is 4. The fraction of sp³-hybridized carbons (Fsp3) is 0.778. The van der Waals surface area contributed by atoms with Crippen molar-refractivity contribution in [1.82, 2.24) is 19.3 Å². The van der Waals surface area contributed by atoms with Crippen LogP contribution in [-0.2, 0) is 23.1 Å². The molecular weight excluding hydrogens is 242 g/mol. The van der Waals surface area contributed by atoms with Gasteiger partial charge in [0.2, 0.25) is 10.0 Å². The van der Waals surface area contributed by atoms with Crippen LogP contribution in [0.1, 0.15) is 12.1 Å². The van der Waals surface area contributed by atoms with Gasteiger partial charge in [-0.15, -0.1) is 5.10 Å². The van der Waals surface area contributed by atoms with E-state index in [-0.39, 0.29) is 0 Å². The molecule has 1 atom stereocenters. The first kappa shape index (κ1) is 12.5. The van der Waals surface area contributed by atoms with Gasteiger partial charge in [0.1, 0.15) is 0 Å². The van der Waals surface area contributed by atoms with Crippen LogP contribution >= 0.6 is 0 Å². The molecule has 1 aromatic heterocycles. The van der Waals surface area contributed by atoms with Crippen molar-refractivity contribution in [2.24, 2.45) is 11.7 Å². The summed E-state index contributed by atoms with van der Waals surface area (Å²) in [5.41, 5.74) is 6.20. The van der Waals surface area contributed by atoms with Crippen molar-refractivity contribution in [1.29, 1.82) is 0 Å². The van der Waals surface area contributed by atoms with E-state index in [1.807, 2.05) is 6.20 Å². The zero-order chi connectivity index (χ0) is 12.5. The van der Waals surface area contributed by atoms with E-state index >= 15 is 0 Å². The van der Waals surface area contributed by atoms with E-state index in [4.69, 9.17) is 5.73 Å². The van der Waals surface area contributed by atoms with E-state index in [0.29, 0.717) is 32.1 Å². The summed E-state index contributed by atoms with van der Waals surface area (Å²) < 4.78 is 26.0. The lowest BCUT2D eigenvalue weighted by Gasteiger charge is -2.12. The summed E-state index contributed by atoms with van der Waals surface area (Å²) in [4.78, 5) is 0. The summed E-state index contributed by atoms with van der Waals surface area (Å²) in [6.07, 6.45) is 3.92. The number of hydrogen-bond donors (Lipinski definition) is 1. The van der Waals surface area contributed by atoms with Crippen molar-refractivity contribution in [3.63, 3.8) is 0 Å². The fourth-order valence-electron chi connectivity index (χ4n) is 2.03. The molecule has 0 saturated carbocycles. The highest BCUT2D eigenvalue weighted by molar-refractivity contribution is 7.88. The molecule has 17 heavy (non-hydrogen) atoms. The molecule has 96 valence electrons. The summed E-state index contributed by atoms with van der Waals surface area (Å²) in [6, 6.07) is 0. The molecule has 0 radical (unpaired) electrons. The Morgan fingerprint density at radius 1 is 1.59 bits per heavy atom. The van der Waals surface area contributed by atoms with Crippen molar-refractivity contribution < 1.29 is 8.42 Å². The third-order valence-electron chi connectivity index (χ3n) is 2.96. The van der Waals surface area contributed by atoms with Crippen LogP contribution in [0.5, 0.6) is 0 Å². The molecule has 0 aromatic carbocycles. The van der Waals surface area contributed by atoms with Gasteiger partial charge in [-0.1, -0.05) is 5.21 Å². The van der Waals surface area contributed by atoms with Crippen LogP contribution in [0.25, 0.3) is 0 Å². The molecule has 1 aliphatic rings. The predicted octanol–water partition coefficient (Wildman–Crippen LogP) is -0.982. The van der Waals surface area contributed by atoms with Gasteiger partial charge in [-0.25, -0.2) is 12.7 Å². The first-order valence-electron chi connectivity index (χ1n) is 5.53. The maximum atomic E-state index is 11.4. The van der Waals surface area contributed by atoms with Crippen molar-refractivity contribution in [3.8, 4) is 0 Å². The first-order valence-corrected chi connectivity index (χ1v) is 7.38. The number of nitrogens with two attached hydrogens (primary N) is 1. The molecule has 1 saturated heterocycles. The first-order chi connectivity index (χ1) is 7.99. The van der Waals surface area contributed by atoms with E-state index in [1.54, 1.807) is 4.68 Å². The van der Waals surface area contributed by atoms with E-state index in [1.165, 1.54) is 10.6 Å². The van der Waals surface area contributed by atoms with Crippen molar-refractivity contribution in [2.75, 3.05) is 19.3 Å². The van der Waals surface area contributed by atoms with Gasteiger partial charge in [0.25, 0.3) is 0 Å². The van der Waals surface area contributed by atoms with Crippen LogP contribution in [0.2, 0.25) is 0 Å². The highest BCUT2D eigenvalue weighted by Crippen LogP contribution is 2.20. The van der Waals surface area contributed by atoms with Gasteiger partial charge in [-0.05, 0) is 12.3 Å². The Balaban J connectivity index is 1.94. The normalized spacial score (nSPS) is 22.1. The lowest BCUT2D eigenvalue weighted by atomic mass is 10.1. The molecular formula is C9H17N5O2S. The van der Waals surface area contributed by atoms with Gasteiger partial charge in [-0.2, -0.15) is 0 Å². The molecule has 0 bridgehead atoms. The standard InChI is InChI=1S/C9H17N5O2S/c1-17(15,16)14-3-2-8(6-14)5-13-7-9(4-10)11-12-13/h7-8H,2-6,10H2,1H3. The zero-order valence-electron chi connectivity index (χ0n) is 9.78. The molecule has 1 unspecified atom stereocenters. The average molecular weight is 259 g/mol. The molecule has 7 nitrogen and oxygen atoms in total. The Bertz CT molecular complexity index is 483. The van der Waals surface area contributed by atoms with E-state index < -0.39 is 10.0 Å². The predicted molar refractivity (Wildman–Crippen MR) is 62.4 cm³/mol. The Morgan fingerprint density at radius 2 is 2.35 bits per heavy atom. The fourth-order valence-corrected chi connectivity index (χ4v) is 2.95. The molecule has 2 N–H and O–H groups in total. The number of aromatic nitrogens is 3. The molecule has 2 rings (SSSR count). The van der Waals surface area contributed by atoms with Gasteiger partial charge < -0.3 is 5.73 Å². The molecule has 1 aliphatic heterocycles. The molecule has 1 aromatic rings. The quantitative estimate of drug-likeness (QED) is 0.750. The summed E-state index contributed by atoms with van der Waals surface area (Å²) in [5.74, 6) is 0.303. The topological polar surface area (TPSA) is 94.1 Å². The Kier molecular flexibility index (Phi) is 3.45. The SMILES string of the molecule is CS(=O)(=O)N1CCC(Cn2cc(CN)nn2)C1. The summed E-state index contributed by atoms with van der Waals surface area (Å²) in [7, 11) is -3.06. The van der Waals surface area contributed by atoms with E-state index in [2.05, 4.69) is 10.3 Å². The second kappa shape index (κ2) is 4.71. The molecule has 2 heterocycles. The van der Waals surface area contributed by atoms with Gasteiger partial charge in [0.05, 0.1) is 11.9 Å². The zero-order valence-corrected chi connectivity index (χ0v) is 10.6. The third kappa shape index (κ3) is 3.02. The summed E-state index contributed by atoms with van der Waals surface area (Å²) in [5, 5.41) is 7.86. The minimum atomic E-state index is -3.06. The van der Waals surface area contributed by atoms with Crippen LogP contribution in [-0.4, -0.2) is 47.1 Å². The minimum Gasteiger partial charge on any atom is -0.325 e. The van der Waals surface area contributed by atoms with Gasteiger partial charge in [0.15, 0.2) is 0 Å². The van der Waals surface area contributed by atoms with E-state index in [0.717, 1.165) is 12.1 Å². The van der Waals surface area contributed by atoms with Crippen LogP contribution in [0, 0.1) is 5.92 Å². The van der Waals surface area contributed by atoms with Crippen LogP contribution < -0.4 is 5.73 Å².